The van der Waals surface area contributed by atoms with Gasteiger partial charge in [0, 0.05) is 0 Å². The summed E-state index contributed by atoms with van der Waals surface area (Å²) >= 11 is 2.71. The van der Waals surface area contributed by atoms with Gasteiger partial charge in [0.2, 0.25) is 0 Å². The summed E-state index contributed by atoms with van der Waals surface area (Å²) in [4.78, 5) is 10.6. The molecule has 1 rings (SSSR count). The molecule has 0 fully saturated rings. The van der Waals surface area contributed by atoms with E-state index in [1.165, 1.54) is 18.4 Å². The molecule has 7 heteroatoms. The van der Waals surface area contributed by atoms with Gasteiger partial charge in [0.1, 0.15) is 6.26 Å². The van der Waals surface area contributed by atoms with E-state index >= 15 is 0 Å². The van der Waals surface area contributed by atoms with E-state index in [9.17, 15) is 14.7 Å². The van der Waals surface area contributed by atoms with Gasteiger partial charge in [0.05, 0.1) is 15.9 Å². The van der Waals surface area contributed by atoms with Gasteiger partial charge in [-0.3, -0.25) is 10.1 Å². The Morgan fingerprint density at radius 2 is 2.07 bits per heavy atom. The van der Waals surface area contributed by atoms with Gasteiger partial charge in [0.15, 0.2) is 4.90 Å². The topological polar surface area (TPSA) is 66.2 Å². The molecule has 0 aliphatic heterocycles. The summed E-state index contributed by atoms with van der Waals surface area (Å²) in [6.07, 6.45) is 1.47. The first-order chi connectivity index (χ1) is 6.02. The zero-order valence-electron chi connectivity index (χ0n) is 6.76. The fourth-order valence-electron chi connectivity index (χ4n) is 0.828. The maximum absolute atomic E-state index is 11.0. The number of nitro benzene ring substituents is 1. The van der Waals surface area contributed by atoms with Crippen molar-refractivity contribution in [1.29, 1.82) is 0 Å². The van der Waals surface area contributed by atoms with Crippen LogP contribution in [0.3, 0.4) is 0 Å². The van der Waals surface area contributed by atoms with Gasteiger partial charge in [-0.25, -0.2) is 0 Å². The standard InChI is InChI=1S/C7H7NO3S2.Na.H/c1-13(11)5-2-3-7(12)6(4-5)8(9)10;;/h2-4,12H,1H3;;. The molecule has 14 heavy (non-hydrogen) atoms. The van der Waals surface area contributed by atoms with Gasteiger partial charge in [-0.1, -0.05) is 0 Å². The molecule has 0 radical (unpaired) electrons. The summed E-state index contributed by atoms with van der Waals surface area (Å²) < 4.78 is 11.0. The molecule has 0 aromatic heterocycles. The van der Waals surface area contributed by atoms with Gasteiger partial charge < -0.3 is 4.55 Å². The monoisotopic (exact) mass is 241 g/mol. The van der Waals surface area contributed by atoms with Gasteiger partial charge >= 0.3 is 29.6 Å². The summed E-state index contributed by atoms with van der Waals surface area (Å²) in [5, 5.41) is 10.5. The van der Waals surface area contributed by atoms with Crippen molar-refractivity contribution < 1.29 is 9.48 Å². The van der Waals surface area contributed by atoms with E-state index in [1.54, 1.807) is 6.07 Å². The molecule has 1 atom stereocenters. The van der Waals surface area contributed by atoms with Crippen LogP contribution in [0.4, 0.5) is 5.69 Å². The van der Waals surface area contributed by atoms with Crippen LogP contribution in [0.2, 0.25) is 0 Å². The van der Waals surface area contributed by atoms with Crippen LogP contribution >= 0.6 is 12.6 Å². The third-order valence-corrected chi connectivity index (χ3v) is 2.77. The SMILES string of the molecule is C[S+]([O-])c1ccc(S)c([N+](=O)[O-])c1.[NaH]. The molecule has 0 spiro atoms. The minimum absolute atomic E-state index is 0. The summed E-state index contributed by atoms with van der Waals surface area (Å²) in [6.45, 7) is 0. The van der Waals surface area contributed by atoms with Gasteiger partial charge in [-0.2, -0.15) is 0 Å². The third-order valence-electron chi connectivity index (χ3n) is 1.48. The van der Waals surface area contributed by atoms with Crippen LogP contribution in [0.5, 0.6) is 0 Å². The first kappa shape index (κ1) is 14.3. The third kappa shape index (κ3) is 3.45. The molecule has 0 aliphatic rings. The zero-order valence-corrected chi connectivity index (χ0v) is 8.47. The van der Waals surface area contributed by atoms with E-state index in [0.717, 1.165) is 0 Å². The average Bonchev–Trinajstić information content (AvgIpc) is 2.04. The Morgan fingerprint density at radius 3 is 2.50 bits per heavy atom. The van der Waals surface area contributed by atoms with E-state index in [1.807, 2.05) is 0 Å². The Balaban J connectivity index is 0.00000169. The molecule has 0 amide bonds. The molecule has 72 valence electrons. The molecule has 0 saturated heterocycles. The fraction of sp³-hybridized carbons (Fsp3) is 0.143. The molecule has 0 heterocycles. The van der Waals surface area contributed by atoms with E-state index < -0.39 is 16.1 Å². The summed E-state index contributed by atoms with van der Waals surface area (Å²) in [5.74, 6) is 0. The normalized spacial score (nSPS) is 11.6. The molecule has 1 aromatic carbocycles. The van der Waals surface area contributed by atoms with Crippen molar-refractivity contribution in [3.63, 3.8) is 0 Å². The van der Waals surface area contributed by atoms with Gasteiger partial charge in [-0.05, 0) is 23.3 Å². The van der Waals surface area contributed by atoms with E-state index in [0.29, 0.717) is 4.90 Å². The Labute approximate surface area is 112 Å². The molecular formula is C7H8NNaO3S2. The molecule has 0 N–H and O–H groups in total. The van der Waals surface area contributed by atoms with Crippen LogP contribution in [-0.2, 0) is 11.2 Å². The number of hydrogen-bond acceptors (Lipinski definition) is 4. The first-order valence-corrected chi connectivity index (χ1v) is 5.33. The predicted molar refractivity (Wildman–Crippen MR) is 59.8 cm³/mol. The fourth-order valence-corrected chi connectivity index (χ4v) is 1.59. The second-order valence-electron chi connectivity index (χ2n) is 2.36. The second kappa shape index (κ2) is 5.99. The molecule has 1 aromatic rings. The Morgan fingerprint density at radius 1 is 1.50 bits per heavy atom. The van der Waals surface area contributed by atoms with E-state index in [4.69, 9.17) is 0 Å². The molecule has 0 bridgehead atoms. The van der Waals surface area contributed by atoms with Crippen LogP contribution in [0.1, 0.15) is 0 Å². The number of thiol groups is 1. The van der Waals surface area contributed by atoms with Crippen molar-refractivity contribution in [3.05, 3.63) is 28.3 Å². The van der Waals surface area contributed by atoms with Crippen molar-refractivity contribution >= 4 is 59.0 Å². The summed E-state index contributed by atoms with van der Waals surface area (Å²) in [6, 6.07) is 4.31. The van der Waals surface area contributed by atoms with Crippen molar-refractivity contribution in [3.8, 4) is 0 Å². The molecule has 1 unspecified atom stereocenters. The van der Waals surface area contributed by atoms with E-state index in [-0.39, 0.29) is 40.1 Å². The van der Waals surface area contributed by atoms with Crippen LogP contribution in [0.25, 0.3) is 0 Å². The molecule has 4 nitrogen and oxygen atoms in total. The number of nitro groups is 1. The number of hydrogen-bond donors (Lipinski definition) is 1. The first-order valence-electron chi connectivity index (χ1n) is 3.33. The number of rotatable bonds is 2. The Bertz CT molecular complexity index is 346. The maximum atomic E-state index is 11.0. The van der Waals surface area contributed by atoms with Gasteiger partial charge in [0.25, 0.3) is 5.69 Å². The number of benzene rings is 1. The van der Waals surface area contributed by atoms with Gasteiger partial charge in [-0.15, -0.1) is 12.6 Å². The van der Waals surface area contributed by atoms with Crippen LogP contribution in [0.15, 0.2) is 28.0 Å². The van der Waals surface area contributed by atoms with Crippen molar-refractivity contribution in [2.24, 2.45) is 0 Å². The van der Waals surface area contributed by atoms with Crippen LogP contribution in [0, 0.1) is 10.1 Å². The zero-order chi connectivity index (χ0) is 10.0. The minimum atomic E-state index is -1.20. The number of nitrogens with zero attached hydrogens (tertiary/aromatic N) is 1. The van der Waals surface area contributed by atoms with Crippen molar-refractivity contribution in [2.45, 2.75) is 9.79 Å². The Kier molecular flexibility index (Phi) is 6.11. The molecule has 0 saturated carbocycles. The average molecular weight is 241 g/mol. The van der Waals surface area contributed by atoms with Crippen LogP contribution < -0.4 is 0 Å². The quantitative estimate of drug-likeness (QED) is 0.276. The molecular weight excluding hydrogens is 233 g/mol. The second-order valence-corrected chi connectivity index (χ2v) is 4.22. The summed E-state index contributed by atoms with van der Waals surface area (Å²) in [5.41, 5.74) is -0.115. The van der Waals surface area contributed by atoms with Crippen LogP contribution in [-0.4, -0.2) is 45.3 Å². The van der Waals surface area contributed by atoms with Crippen molar-refractivity contribution in [2.75, 3.05) is 6.26 Å². The molecule has 0 aliphatic carbocycles. The van der Waals surface area contributed by atoms with E-state index in [2.05, 4.69) is 12.6 Å². The Hall–Kier alpha value is 0.280. The van der Waals surface area contributed by atoms with Crippen molar-refractivity contribution in [1.82, 2.24) is 0 Å². The predicted octanol–water partition coefficient (Wildman–Crippen LogP) is 0.972. The summed E-state index contributed by atoms with van der Waals surface area (Å²) in [7, 11) is 0.